The van der Waals surface area contributed by atoms with Crippen molar-refractivity contribution < 1.29 is 0 Å². The van der Waals surface area contributed by atoms with Crippen LogP contribution in [-0.2, 0) is 6.42 Å². The number of pyridine rings is 1. The van der Waals surface area contributed by atoms with Gasteiger partial charge in [-0.1, -0.05) is 35.0 Å². The van der Waals surface area contributed by atoms with Crippen LogP contribution in [0.15, 0.2) is 28.7 Å². The van der Waals surface area contributed by atoms with Crippen molar-refractivity contribution >= 4 is 21.7 Å². The first-order valence-corrected chi connectivity index (χ1v) is 7.49. The van der Waals surface area contributed by atoms with E-state index in [1.54, 1.807) is 0 Å². The molecule has 0 amide bonds. The van der Waals surface area contributed by atoms with Gasteiger partial charge in [-0.3, -0.25) is 0 Å². The number of rotatable bonds is 3. The number of benzene rings is 1. The van der Waals surface area contributed by atoms with Gasteiger partial charge < -0.3 is 5.32 Å². The van der Waals surface area contributed by atoms with Crippen molar-refractivity contribution in [2.24, 2.45) is 0 Å². The highest BCUT2D eigenvalue weighted by Gasteiger charge is 2.23. The van der Waals surface area contributed by atoms with E-state index in [-0.39, 0.29) is 0 Å². The summed E-state index contributed by atoms with van der Waals surface area (Å²) < 4.78 is 1.11. The maximum Gasteiger partial charge on any atom is 0.144 e. The van der Waals surface area contributed by atoms with Crippen LogP contribution in [0.4, 0.5) is 5.82 Å². The molecule has 2 aromatic rings. The number of nitrogens with one attached hydrogen (secondary N) is 1. The Morgan fingerprint density at radius 1 is 1.45 bits per heavy atom. The molecular formula is C16H14BrN3. The van der Waals surface area contributed by atoms with E-state index < -0.39 is 0 Å². The Bertz CT molecular complexity index is 716. The van der Waals surface area contributed by atoms with Crippen LogP contribution in [0.1, 0.15) is 30.0 Å². The standard InChI is InChI=1S/C16H14BrN3/c1-2-6-19-16-11(9-18)7-10-8-13-12(15(10)20-16)4-3-5-14(13)17/h3-5,7H,2,6,8H2,1H3,(H,19,20). The lowest BCUT2D eigenvalue weighted by molar-refractivity contribution is 0.968. The monoisotopic (exact) mass is 327 g/mol. The minimum absolute atomic E-state index is 0.626. The highest BCUT2D eigenvalue weighted by molar-refractivity contribution is 9.10. The number of hydrogen-bond donors (Lipinski definition) is 1. The minimum Gasteiger partial charge on any atom is -0.369 e. The Balaban J connectivity index is 2.12. The van der Waals surface area contributed by atoms with Gasteiger partial charge >= 0.3 is 0 Å². The Hall–Kier alpha value is -1.86. The first-order valence-electron chi connectivity index (χ1n) is 6.70. The third-order valence-corrected chi connectivity index (χ3v) is 4.25. The highest BCUT2D eigenvalue weighted by atomic mass is 79.9. The van der Waals surface area contributed by atoms with Crippen molar-refractivity contribution in [3.05, 3.63) is 45.4 Å². The van der Waals surface area contributed by atoms with E-state index in [0.717, 1.165) is 35.1 Å². The molecule has 1 N–H and O–H groups in total. The predicted octanol–water partition coefficient (Wildman–Crippen LogP) is 4.11. The molecule has 0 unspecified atom stereocenters. The molecular weight excluding hydrogens is 314 g/mol. The zero-order chi connectivity index (χ0) is 14.1. The smallest absolute Gasteiger partial charge is 0.144 e. The molecule has 0 aliphatic heterocycles. The SMILES string of the molecule is CCCNc1nc2c(cc1C#N)Cc1c(Br)cccc1-2. The number of anilines is 1. The minimum atomic E-state index is 0.626. The Kier molecular flexibility index (Phi) is 3.45. The number of hydrogen-bond acceptors (Lipinski definition) is 3. The average molecular weight is 328 g/mol. The lowest BCUT2D eigenvalue weighted by Crippen LogP contribution is -2.05. The van der Waals surface area contributed by atoms with Crippen LogP contribution < -0.4 is 5.32 Å². The van der Waals surface area contributed by atoms with Crippen molar-refractivity contribution in [3.8, 4) is 17.3 Å². The zero-order valence-corrected chi connectivity index (χ0v) is 12.8. The molecule has 0 radical (unpaired) electrons. The first kappa shape index (κ1) is 13.1. The van der Waals surface area contributed by atoms with Crippen LogP contribution in [0, 0.1) is 11.3 Å². The molecule has 3 rings (SSSR count). The molecule has 1 heterocycles. The van der Waals surface area contributed by atoms with Crippen LogP contribution >= 0.6 is 15.9 Å². The molecule has 0 spiro atoms. The molecule has 1 aliphatic carbocycles. The van der Waals surface area contributed by atoms with Gasteiger partial charge in [0.1, 0.15) is 11.9 Å². The molecule has 1 aromatic heterocycles. The summed E-state index contributed by atoms with van der Waals surface area (Å²) in [6, 6.07) is 10.4. The molecule has 4 heteroatoms. The van der Waals surface area contributed by atoms with Gasteiger partial charge in [-0.2, -0.15) is 5.26 Å². The fraction of sp³-hybridized carbons (Fsp3) is 0.250. The zero-order valence-electron chi connectivity index (χ0n) is 11.2. The van der Waals surface area contributed by atoms with Gasteiger partial charge in [0, 0.05) is 23.0 Å². The first-order chi connectivity index (χ1) is 9.74. The third kappa shape index (κ3) is 2.08. The molecule has 0 saturated carbocycles. The summed E-state index contributed by atoms with van der Waals surface area (Å²) in [6.45, 7) is 2.92. The van der Waals surface area contributed by atoms with Gasteiger partial charge in [0.05, 0.1) is 11.3 Å². The van der Waals surface area contributed by atoms with E-state index in [9.17, 15) is 5.26 Å². The van der Waals surface area contributed by atoms with Crippen molar-refractivity contribution in [1.82, 2.24) is 4.98 Å². The second-order valence-corrected chi connectivity index (χ2v) is 5.73. The molecule has 0 saturated heterocycles. The van der Waals surface area contributed by atoms with E-state index in [1.807, 2.05) is 18.2 Å². The van der Waals surface area contributed by atoms with Gasteiger partial charge in [0.25, 0.3) is 0 Å². The number of nitrogens with zero attached hydrogens (tertiary/aromatic N) is 2. The van der Waals surface area contributed by atoms with Crippen molar-refractivity contribution in [1.29, 1.82) is 5.26 Å². The highest BCUT2D eigenvalue weighted by Crippen LogP contribution is 2.40. The molecule has 3 nitrogen and oxygen atoms in total. The predicted molar refractivity (Wildman–Crippen MR) is 83.7 cm³/mol. The van der Waals surface area contributed by atoms with Gasteiger partial charge in [-0.15, -0.1) is 0 Å². The maximum atomic E-state index is 9.28. The average Bonchev–Trinajstić information content (AvgIpc) is 2.83. The lowest BCUT2D eigenvalue weighted by Gasteiger charge is -2.09. The van der Waals surface area contributed by atoms with Crippen LogP contribution in [0.3, 0.4) is 0 Å². The number of fused-ring (bicyclic) bond motifs is 3. The van der Waals surface area contributed by atoms with Gasteiger partial charge in [-0.25, -0.2) is 4.98 Å². The topological polar surface area (TPSA) is 48.7 Å². The summed E-state index contributed by atoms with van der Waals surface area (Å²) in [4.78, 5) is 4.69. The molecule has 1 aliphatic rings. The number of nitriles is 1. The van der Waals surface area contributed by atoms with Crippen molar-refractivity contribution in [3.63, 3.8) is 0 Å². The van der Waals surface area contributed by atoms with E-state index >= 15 is 0 Å². The fourth-order valence-electron chi connectivity index (χ4n) is 2.54. The van der Waals surface area contributed by atoms with Crippen LogP contribution in [0.5, 0.6) is 0 Å². The van der Waals surface area contributed by atoms with Gasteiger partial charge in [0.2, 0.25) is 0 Å². The molecule has 0 atom stereocenters. The van der Waals surface area contributed by atoms with E-state index in [2.05, 4.69) is 45.3 Å². The molecule has 100 valence electrons. The second kappa shape index (κ2) is 5.26. The van der Waals surface area contributed by atoms with E-state index in [0.29, 0.717) is 11.4 Å². The van der Waals surface area contributed by atoms with Crippen LogP contribution in [0.2, 0.25) is 0 Å². The summed E-state index contributed by atoms with van der Waals surface area (Å²) in [5.74, 6) is 0.695. The Labute approximate surface area is 126 Å². The van der Waals surface area contributed by atoms with E-state index in [4.69, 9.17) is 0 Å². The van der Waals surface area contributed by atoms with Gasteiger partial charge in [0.15, 0.2) is 0 Å². The van der Waals surface area contributed by atoms with Crippen LogP contribution in [0.25, 0.3) is 11.3 Å². The molecule has 0 fully saturated rings. The Morgan fingerprint density at radius 2 is 2.30 bits per heavy atom. The van der Waals surface area contributed by atoms with Crippen LogP contribution in [-0.4, -0.2) is 11.5 Å². The molecule has 0 bridgehead atoms. The summed E-state index contributed by atoms with van der Waals surface area (Å²) in [5.41, 5.74) is 5.18. The summed E-state index contributed by atoms with van der Waals surface area (Å²) in [6.07, 6.45) is 1.84. The quantitative estimate of drug-likeness (QED) is 0.787. The lowest BCUT2D eigenvalue weighted by atomic mass is 10.1. The summed E-state index contributed by atoms with van der Waals surface area (Å²) >= 11 is 3.59. The molecule has 20 heavy (non-hydrogen) atoms. The van der Waals surface area contributed by atoms with E-state index in [1.165, 1.54) is 11.1 Å². The summed E-state index contributed by atoms with van der Waals surface area (Å²) in [5, 5.41) is 12.5. The maximum absolute atomic E-state index is 9.28. The van der Waals surface area contributed by atoms with Crippen molar-refractivity contribution in [2.75, 3.05) is 11.9 Å². The Morgan fingerprint density at radius 3 is 3.05 bits per heavy atom. The second-order valence-electron chi connectivity index (χ2n) is 4.87. The normalized spacial score (nSPS) is 11.7. The number of aromatic nitrogens is 1. The molecule has 1 aromatic carbocycles. The van der Waals surface area contributed by atoms with Crippen molar-refractivity contribution in [2.45, 2.75) is 19.8 Å². The largest absolute Gasteiger partial charge is 0.369 e. The number of halogens is 1. The fourth-order valence-corrected chi connectivity index (χ4v) is 3.04. The third-order valence-electron chi connectivity index (χ3n) is 3.51. The summed E-state index contributed by atoms with van der Waals surface area (Å²) in [7, 11) is 0. The van der Waals surface area contributed by atoms with Gasteiger partial charge in [-0.05, 0) is 29.7 Å².